The molecule has 0 saturated heterocycles. The maximum absolute atomic E-state index is 10.3. The van der Waals surface area contributed by atoms with Crippen LogP contribution < -0.4 is 0 Å². The first-order chi connectivity index (χ1) is 8.58. The molecule has 1 aromatic carbocycles. The van der Waals surface area contributed by atoms with E-state index >= 15 is 0 Å². The molecule has 1 atom stereocenters. The van der Waals surface area contributed by atoms with E-state index in [2.05, 4.69) is 31.0 Å². The van der Waals surface area contributed by atoms with Gasteiger partial charge in [0.2, 0.25) is 0 Å². The summed E-state index contributed by atoms with van der Waals surface area (Å²) in [5.74, 6) is 0. The zero-order valence-electron chi connectivity index (χ0n) is 11.1. The van der Waals surface area contributed by atoms with Gasteiger partial charge in [0, 0.05) is 12.6 Å². The summed E-state index contributed by atoms with van der Waals surface area (Å²) in [4.78, 5) is 4.28. The molecule has 1 aromatic heterocycles. The van der Waals surface area contributed by atoms with Crippen LogP contribution in [-0.2, 0) is 6.42 Å². The summed E-state index contributed by atoms with van der Waals surface area (Å²) >= 11 is 0. The molecule has 94 valence electrons. The van der Waals surface area contributed by atoms with Crippen molar-refractivity contribution in [2.45, 2.75) is 33.3 Å². The number of pyridine rings is 1. The predicted molar refractivity (Wildman–Crippen MR) is 73.6 cm³/mol. The molecule has 1 heterocycles. The minimum Gasteiger partial charge on any atom is -0.386 e. The number of aliphatic hydroxyl groups excluding tert-OH is 1. The van der Waals surface area contributed by atoms with Crippen LogP contribution in [0.2, 0.25) is 0 Å². The Kier molecular flexibility index (Phi) is 3.78. The van der Waals surface area contributed by atoms with Crippen LogP contribution in [0.1, 0.15) is 34.1 Å². The van der Waals surface area contributed by atoms with Crippen LogP contribution in [0.3, 0.4) is 0 Å². The van der Waals surface area contributed by atoms with Crippen molar-refractivity contribution in [1.82, 2.24) is 4.98 Å². The van der Waals surface area contributed by atoms with Crippen LogP contribution in [0.4, 0.5) is 0 Å². The quantitative estimate of drug-likeness (QED) is 0.894. The van der Waals surface area contributed by atoms with Crippen molar-refractivity contribution in [3.8, 4) is 0 Å². The van der Waals surface area contributed by atoms with E-state index < -0.39 is 6.10 Å². The molecule has 2 nitrogen and oxygen atoms in total. The summed E-state index contributed by atoms with van der Waals surface area (Å²) in [5, 5.41) is 10.3. The molecule has 0 saturated carbocycles. The highest BCUT2D eigenvalue weighted by Crippen LogP contribution is 2.21. The normalized spacial score (nSPS) is 12.4. The largest absolute Gasteiger partial charge is 0.386 e. The van der Waals surface area contributed by atoms with Crippen LogP contribution in [-0.4, -0.2) is 10.1 Å². The van der Waals surface area contributed by atoms with Gasteiger partial charge in [-0.15, -0.1) is 0 Å². The monoisotopic (exact) mass is 241 g/mol. The SMILES string of the molecule is Cc1ccc(C(O)Cc2c(C)cccc2C)nc1. The van der Waals surface area contributed by atoms with Crippen molar-refractivity contribution in [3.05, 3.63) is 64.5 Å². The van der Waals surface area contributed by atoms with Gasteiger partial charge in [0.15, 0.2) is 0 Å². The topological polar surface area (TPSA) is 33.1 Å². The molecule has 18 heavy (non-hydrogen) atoms. The zero-order chi connectivity index (χ0) is 13.1. The lowest BCUT2D eigenvalue weighted by atomic mass is 9.96. The molecule has 0 aliphatic heterocycles. The number of aliphatic hydroxyl groups is 1. The highest BCUT2D eigenvalue weighted by Gasteiger charge is 2.12. The average Bonchev–Trinajstić information content (AvgIpc) is 2.34. The Bertz CT molecular complexity index is 511. The van der Waals surface area contributed by atoms with E-state index in [0.29, 0.717) is 6.42 Å². The second-order valence-electron chi connectivity index (χ2n) is 4.85. The third kappa shape index (κ3) is 2.77. The van der Waals surface area contributed by atoms with Gasteiger partial charge < -0.3 is 5.11 Å². The first-order valence-corrected chi connectivity index (χ1v) is 6.23. The predicted octanol–water partition coefficient (Wildman–Crippen LogP) is 3.28. The molecule has 0 amide bonds. The molecule has 0 aliphatic rings. The number of aryl methyl sites for hydroxylation is 3. The van der Waals surface area contributed by atoms with Gasteiger partial charge in [-0.3, -0.25) is 4.98 Å². The van der Waals surface area contributed by atoms with Gasteiger partial charge in [-0.2, -0.15) is 0 Å². The average molecular weight is 241 g/mol. The molecular weight excluding hydrogens is 222 g/mol. The van der Waals surface area contributed by atoms with Crippen molar-refractivity contribution in [3.63, 3.8) is 0 Å². The Morgan fingerprint density at radius 3 is 2.28 bits per heavy atom. The molecule has 2 rings (SSSR count). The Morgan fingerprint density at radius 2 is 1.72 bits per heavy atom. The van der Waals surface area contributed by atoms with E-state index in [1.165, 1.54) is 16.7 Å². The number of hydrogen-bond donors (Lipinski definition) is 1. The van der Waals surface area contributed by atoms with Crippen molar-refractivity contribution in [2.75, 3.05) is 0 Å². The van der Waals surface area contributed by atoms with Gasteiger partial charge in [-0.1, -0.05) is 24.3 Å². The van der Waals surface area contributed by atoms with Gasteiger partial charge in [0.25, 0.3) is 0 Å². The molecule has 2 heteroatoms. The highest BCUT2D eigenvalue weighted by molar-refractivity contribution is 5.34. The second-order valence-corrected chi connectivity index (χ2v) is 4.85. The van der Waals surface area contributed by atoms with Crippen LogP contribution in [0.5, 0.6) is 0 Å². The van der Waals surface area contributed by atoms with Crippen LogP contribution in [0, 0.1) is 20.8 Å². The zero-order valence-corrected chi connectivity index (χ0v) is 11.1. The van der Waals surface area contributed by atoms with Crippen molar-refractivity contribution in [2.24, 2.45) is 0 Å². The van der Waals surface area contributed by atoms with E-state index in [0.717, 1.165) is 11.3 Å². The maximum Gasteiger partial charge on any atom is 0.1000 e. The van der Waals surface area contributed by atoms with E-state index in [-0.39, 0.29) is 0 Å². The van der Waals surface area contributed by atoms with Crippen LogP contribution >= 0.6 is 0 Å². The van der Waals surface area contributed by atoms with Crippen molar-refractivity contribution >= 4 is 0 Å². The Labute approximate surface area is 108 Å². The van der Waals surface area contributed by atoms with Gasteiger partial charge >= 0.3 is 0 Å². The van der Waals surface area contributed by atoms with Gasteiger partial charge in [-0.05, 0) is 49.1 Å². The maximum atomic E-state index is 10.3. The summed E-state index contributed by atoms with van der Waals surface area (Å²) < 4.78 is 0. The second kappa shape index (κ2) is 5.32. The molecule has 0 aliphatic carbocycles. The van der Waals surface area contributed by atoms with Gasteiger partial charge in [0.05, 0.1) is 11.8 Å². The fourth-order valence-corrected chi connectivity index (χ4v) is 2.15. The lowest BCUT2D eigenvalue weighted by molar-refractivity contribution is 0.173. The van der Waals surface area contributed by atoms with E-state index in [9.17, 15) is 5.11 Å². The van der Waals surface area contributed by atoms with Gasteiger partial charge in [-0.25, -0.2) is 0 Å². The third-order valence-electron chi connectivity index (χ3n) is 3.32. The minimum atomic E-state index is -0.537. The fourth-order valence-electron chi connectivity index (χ4n) is 2.15. The van der Waals surface area contributed by atoms with Crippen LogP contribution in [0.25, 0.3) is 0 Å². The fraction of sp³-hybridized carbons (Fsp3) is 0.312. The number of aromatic nitrogens is 1. The molecule has 0 bridgehead atoms. The molecule has 1 unspecified atom stereocenters. The van der Waals surface area contributed by atoms with Gasteiger partial charge in [0.1, 0.15) is 0 Å². The number of rotatable bonds is 3. The lowest BCUT2D eigenvalue weighted by Crippen LogP contribution is -2.06. The summed E-state index contributed by atoms with van der Waals surface area (Å²) in [6.45, 7) is 6.16. The molecule has 1 N–H and O–H groups in total. The summed E-state index contributed by atoms with van der Waals surface area (Å²) in [5.41, 5.74) is 5.51. The Balaban J connectivity index is 2.21. The number of benzene rings is 1. The van der Waals surface area contributed by atoms with E-state index in [4.69, 9.17) is 0 Å². The van der Waals surface area contributed by atoms with Crippen molar-refractivity contribution in [1.29, 1.82) is 0 Å². The molecule has 0 radical (unpaired) electrons. The molecule has 0 spiro atoms. The Hall–Kier alpha value is -1.67. The summed E-state index contributed by atoms with van der Waals surface area (Å²) in [6, 6.07) is 10.1. The van der Waals surface area contributed by atoms with Crippen LogP contribution in [0.15, 0.2) is 36.5 Å². The lowest BCUT2D eigenvalue weighted by Gasteiger charge is -2.14. The standard InChI is InChI=1S/C16H19NO/c1-11-7-8-15(17-10-11)16(18)9-14-12(2)5-4-6-13(14)3/h4-8,10,16,18H,9H2,1-3H3. The Morgan fingerprint density at radius 1 is 1.06 bits per heavy atom. The smallest absolute Gasteiger partial charge is 0.1000 e. The molecule has 2 aromatic rings. The first kappa shape index (κ1) is 12.8. The first-order valence-electron chi connectivity index (χ1n) is 6.23. The van der Waals surface area contributed by atoms with E-state index in [1.54, 1.807) is 6.20 Å². The minimum absolute atomic E-state index is 0.537. The summed E-state index contributed by atoms with van der Waals surface area (Å²) in [7, 11) is 0. The molecular formula is C16H19NO. The number of nitrogens with zero attached hydrogens (tertiary/aromatic N) is 1. The molecule has 0 fully saturated rings. The third-order valence-corrected chi connectivity index (χ3v) is 3.32. The van der Waals surface area contributed by atoms with E-state index in [1.807, 2.05) is 25.1 Å². The summed E-state index contributed by atoms with van der Waals surface area (Å²) in [6.07, 6.45) is 1.88. The highest BCUT2D eigenvalue weighted by atomic mass is 16.3. The number of hydrogen-bond acceptors (Lipinski definition) is 2. The van der Waals surface area contributed by atoms with Crippen molar-refractivity contribution < 1.29 is 5.11 Å².